The van der Waals surface area contributed by atoms with Crippen molar-refractivity contribution < 1.29 is 0 Å². The van der Waals surface area contributed by atoms with Crippen molar-refractivity contribution in [2.45, 2.75) is 15.6 Å². The van der Waals surface area contributed by atoms with Gasteiger partial charge in [0.2, 0.25) is 0 Å². The fourth-order valence-corrected chi connectivity index (χ4v) is 6.10. The number of benzene rings is 1. The van der Waals surface area contributed by atoms with Crippen LogP contribution in [0.25, 0.3) is 0 Å². The van der Waals surface area contributed by atoms with Gasteiger partial charge >= 0.3 is 0 Å². The van der Waals surface area contributed by atoms with Gasteiger partial charge < -0.3 is 0 Å². The number of allylic oxidation sites excluding steroid dienone is 2. The number of alkyl halides is 2. The van der Waals surface area contributed by atoms with Gasteiger partial charge in [-0.15, -0.1) is 0 Å². The van der Waals surface area contributed by atoms with Gasteiger partial charge in [-0.1, -0.05) is 78.1 Å². The second-order valence-electron chi connectivity index (χ2n) is 4.08. The SMILES string of the molecule is BrC1=C[C@H]2[C@H](Br)[C@@H]1c1ccccc1[C@H]2Br. The van der Waals surface area contributed by atoms with Crippen LogP contribution in [0.4, 0.5) is 0 Å². The second-order valence-corrected chi connectivity index (χ2v) is 7.04. The van der Waals surface area contributed by atoms with Crippen molar-refractivity contribution >= 4 is 47.8 Å². The quantitative estimate of drug-likeness (QED) is 0.551. The lowest BCUT2D eigenvalue weighted by atomic mass is 9.82. The van der Waals surface area contributed by atoms with Crippen LogP contribution in [0.2, 0.25) is 0 Å². The number of hydrogen-bond donors (Lipinski definition) is 0. The minimum atomic E-state index is 0.435. The highest BCUT2D eigenvalue weighted by Gasteiger charge is 2.44. The third-order valence-electron chi connectivity index (χ3n) is 3.30. The maximum Gasteiger partial charge on any atom is 0.0472 e. The average Bonchev–Trinajstić information content (AvgIpc) is 2.47. The van der Waals surface area contributed by atoms with Gasteiger partial charge in [0.05, 0.1) is 0 Å². The Kier molecular flexibility index (Phi) is 2.61. The first kappa shape index (κ1) is 10.5. The Labute approximate surface area is 115 Å². The van der Waals surface area contributed by atoms with Crippen LogP contribution in [0.15, 0.2) is 34.8 Å². The highest BCUT2D eigenvalue weighted by Crippen LogP contribution is 2.57. The molecule has 0 unspecified atom stereocenters. The van der Waals surface area contributed by atoms with Crippen LogP contribution in [0.1, 0.15) is 21.9 Å². The third-order valence-corrected chi connectivity index (χ3v) is 6.30. The van der Waals surface area contributed by atoms with E-state index in [2.05, 4.69) is 78.1 Å². The predicted octanol–water partition coefficient (Wildman–Crippen LogP) is 4.89. The summed E-state index contributed by atoms with van der Waals surface area (Å²) in [7, 11) is 0. The van der Waals surface area contributed by atoms with Crippen LogP contribution in [0.3, 0.4) is 0 Å². The van der Waals surface area contributed by atoms with Crippen molar-refractivity contribution in [3.05, 3.63) is 46.0 Å². The van der Waals surface area contributed by atoms with E-state index in [1.54, 1.807) is 0 Å². The van der Waals surface area contributed by atoms with E-state index in [4.69, 9.17) is 0 Å². The Morgan fingerprint density at radius 3 is 2.40 bits per heavy atom. The minimum Gasteiger partial charge on any atom is -0.0873 e. The van der Waals surface area contributed by atoms with Crippen LogP contribution in [-0.2, 0) is 0 Å². The summed E-state index contributed by atoms with van der Waals surface area (Å²) in [4.78, 5) is 0.954. The van der Waals surface area contributed by atoms with Crippen LogP contribution >= 0.6 is 47.8 Å². The zero-order chi connectivity index (χ0) is 10.6. The molecular weight excluding hydrogens is 384 g/mol. The molecule has 1 aromatic rings. The highest BCUT2D eigenvalue weighted by atomic mass is 79.9. The van der Waals surface area contributed by atoms with Crippen molar-refractivity contribution in [1.82, 2.24) is 0 Å². The summed E-state index contributed by atoms with van der Waals surface area (Å²) in [6.45, 7) is 0. The van der Waals surface area contributed by atoms with Crippen molar-refractivity contribution in [2.75, 3.05) is 0 Å². The van der Waals surface area contributed by atoms with E-state index in [-0.39, 0.29) is 0 Å². The van der Waals surface area contributed by atoms with Gasteiger partial charge in [-0.25, -0.2) is 0 Å². The molecule has 0 heterocycles. The zero-order valence-corrected chi connectivity index (χ0v) is 12.6. The summed E-state index contributed by atoms with van der Waals surface area (Å²) in [5, 5.41) is 0. The monoisotopic (exact) mass is 390 g/mol. The predicted molar refractivity (Wildman–Crippen MR) is 74.1 cm³/mol. The lowest BCUT2D eigenvalue weighted by Crippen LogP contribution is -2.25. The fraction of sp³-hybridized carbons (Fsp3) is 0.333. The third kappa shape index (κ3) is 1.43. The average molecular weight is 393 g/mol. The topological polar surface area (TPSA) is 0 Å². The summed E-state index contributed by atoms with van der Waals surface area (Å²) in [5.74, 6) is 1.05. The molecule has 0 saturated heterocycles. The van der Waals surface area contributed by atoms with Crippen molar-refractivity contribution in [1.29, 1.82) is 0 Å². The van der Waals surface area contributed by atoms with Gasteiger partial charge in [-0.05, 0) is 11.1 Å². The van der Waals surface area contributed by atoms with Crippen LogP contribution in [0, 0.1) is 5.92 Å². The van der Waals surface area contributed by atoms with E-state index < -0.39 is 0 Å². The Morgan fingerprint density at radius 2 is 1.67 bits per heavy atom. The first-order chi connectivity index (χ1) is 7.20. The maximum atomic E-state index is 3.82. The molecule has 3 rings (SSSR count). The molecule has 0 aliphatic heterocycles. The summed E-state index contributed by atoms with van der Waals surface area (Å²) in [6.07, 6.45) is 2.34. The van der Waals surface area contributed by atoms with Gasteiger partial charge in [-0.3, -0.25) is 0 Å². The minimum absolute atomic E-state index is 0.435. The van der Waals surface area contributed by atoms with E-state index in [1.165, 1.54) is 15.6 Å². The highest BCUT2D eigenvalue weighted by molar-refractivity contribution is 9.12. The van der Waals surface area contributed by atoms with E-state index in [9.17, 15) is 0 Å². The molecule has 0 N–H and O–H groups in total. The van der Waals surface area contributed by atoms with Gasteiger partial charge in [0.25, 0.3) is 0 Å². The van der Waals surface area contributed by atoms with Crippen LogP contribution < -0.4 is 0 Å². The van der Waals surface area contributed by atoms with Crippen LogP contribution in [-0.4, -0.2) is 4.83 Å². The van der Waals surface area contributed by atoms with Crippen molar-refractivity contribution in [2.24, 2.45) is 5.92 Å². The molecule has 0 fully saturated rings. The van der Waals surface area contributed by atoms with Crippen molar-refractivity contribution in [3.8, 4) is 0 Å². The van der Waals surface area contributed by atoms with E-state index in [1.807, 2.05) is 0 Å². The number of fused-ring (bicyclic) bond motifs is 4. The largest absolute Gasteiger partial charge is 0.0873 e. The van der Waals surface area contributed by atoms with Gasteiger partial charge in [0.15, 0.2) is 0 Å². The standard InChI is InChI=1S/C12H9Br3/c13-9-5-8-11(14)7-4-2-1-3-6(7)10(9)12(8)15/h1-5,8,10-12H/t8-,10-,11-,12+/m1/s1. The molecule has 3 heteroatoms. The van der Waals surface area contributed by atoms with Gasteiger partial charge in [0.1, 0.15) is 0 Å². The molecule has 0 radical (unpaired) electrons. The first-order valence-corrected chi connectivity index (χ1v) is 7.57. The van der Waals surface area contributed by atoms with E-state index in [0.29, 0.717) is 21.5 Å². The molecule has 1 aromatic carbocycles. The smallest absolute Gasteiger partial charge is 0.0472 e. The maximum absolute atomic E-state index is 3.82. The van der Waals surface area contributed by atoms with Crippen molar-refractivity contribution in [3.63, 3.8) is 0 Å². The number of rotatable bonds is 0. The summed E-state index contributed by atoms with van der Waals surface area (Å²) >= 11 is 11.3. The molecule has 4 atom stereocenters. The molecule has 2 aliphatic rings. The summed E-state index contributed by atoms with van der Waals surface area (Å²) < 4.78 is 1.32. The molecule has 0 spiro atoms. The number of hydrogen-bond acceptors (Lipinski definition) is 0. The second kappa shape index (κ2) is 3.71. The fourth-order valence-electron chi connectivity index (χ4n) is 2.57. The van der Waals surface area contributed by atoms with Crippen LogP contribution in [0.5, 0.6) is 0 Å². The Bertz CT molecular complexity index is 438. The number of halogens is 3. The Morgan fingerprint density at radius 1 is 1.00 bits per heavy atom. The lowest BCUT2D eigenvalue weighted by molar-refractivity contribution is 0.574. The summed E-state index contributed by atoms with van der Waals surface area (Å²) in [6, 6.07) is 8.71. The first-order valence-electron chi connectivity index (χ1n) is 4.94. The van der Waals surface area contributed by atoms with Gasteiger partial charge in [-0.2, -0.15) is 0 Å². The Balaban J connectivity index is 2.23. The normalized spacial score (nSPS) is 37.4. The van der Waals surface area contributed by atoms with E-state index in [0.717, 1.165) is 0 Å². The lowest BCUT2D eigenvalue weighted by Gasteiger charge is -2.33. The molecule has 0 nitrogen and oxygen atoms in total. The zero-order valence-electron chi connectivity index (χ0n) is 7.83. The molecule has 78 valence electrons. The van der Waals surface area contributed by atoms with E-state index >= 15 is 0 Å². The Hall–Kier alpha value is 0.400. The molecule has 2 aliphatic carbocycles. The molecule has 2 bridgehead atoms. The summed E-state index contributed by atoms with van der Waals surface area (Å²) in [5.41, 5.74) is 2.88. The molecule has 0 amide bonds. The molecule has 0 saturated carbocycles. The molecule has 0 aromatic heterocycles. The molecular formula is C12H9Br3. The molecule has 15 heavy (non-hydrogen) atoms. The van der Waals surface area contributed by atoms with Gasteiger partial charge in [0, 0.05) is 26.0 Å².